The van der Waals surface area contributed by atoms with Crippen molar-refractivity contribution >= 4 is 5.71 Å². The minimum Gasteiger partial charge on any atom is -0.312 e. The molecule has 0 amide bonds. The first kappa shape index (κ1) is 7.63. The Kier molecular flexibility index (Phi) is 4.56. The predicted molar refractivity (Wildman–Crippen MR) is 36.6 cm³/mol. The van der Waals surface area contributed by atoms with Crippen molar-refractivity contribution in [1.29, 1.82) is 5.41 Å². The normalized spacial score (nSPS) is 9.25. The number of nitrogens with one attached hydrogen (secondary N) is 2. The number of hydrogen-bond acceptors (Lipinski definition) is 2. The van der Waals surface area contributed by atoms with Crippen LogP contribution >= 0.6 is 0 Å². The van der Waals surface area contributed by atoms with E-state index in [9.17, 15) is 0 Å². The number of rotatable bonds is 4. The molecule has 2 heteroatoms. The second kappa shape index (κ2) is 4.78. The van der Waals surface area contributed by atoms with Crippen LogP contribution in [0.15, 0.2) is 0 Å². The van der Waals surface area contributed by atoms with Crippen LogP contribution in [0.3, 0.4) is 0 Å². The van der Waals surface area contributed by atoms with Gasteiger partial charge in [-0.3, -0.25) is 0 Å². The molecule has 0 heterocycles. The third kappa shape index (κ3) is 3.81. The Bertz CT molecular complexity index is 68.9. The molecule has 0 aliphatic rings. The predicted octanol–water partition coefficient (Wildman–Crippen LogP) is 1.03. The average molecular weight is 114 g/mol. The molecule has 2 N–H and O–H groups in total. The molecule has 2 nitrogen and oxygen atoms in total. The molecule has 0 saturated heterocycles. The Morgan fingerprint density at radius 2 is 2.12 bits per heavy atom. The maximum atomic E-state index is 7.18. The van der Waals surface area contributed by atoms with E-state index in [4.69, 9.17) is 5.41 Å². The first-order chi connectivity index (χ1) is 3.81. The van der Waals surface area contributed by atoms with Crippen molar-refractivity contribution in [3.05, 3.63) is 0 Å². The summed E-state index contributed by atoms with van der Waals surface area (Å²) in [4.78, 5) is 0. The van der Waals surface area contributed by atoms with Crippen LogP contribution in [0.25, 0.3) is 0 Å². The van der Waals surface area contributed by atoms with E-state index in [1.54, 1.807) is 0 Å². The zero-order valence-corrected chi connectivity index (χ0v) is 5.62. The van der Waals surface area contributed by atoms with Gasteiger partial charge in [0.15, 0.2) is 0 Å². The van der Waals surface area contributed by atoms with Gasteiger partial charge in [0, 0.05) is 12.3 Å². The highest BCUT2D eigenvalue weighted by atomic mass is 14.8. The Hall–Kier alpha value is -0.370. The van der Waals surface area contributed by atoms with Crippen molar-refractivity contribution < 1.29 is 0 Å². The van der Waals surface area contributed by atoms with Crippen LogP contribution in [0.5, 0.6) is 0 Å². The number of hydrogen-bond donors (Lipinski definition) is 2. The lowest BCUT2D eigenvalue weighted by Gasteiger charge is -1.98. The van der Waals surface area contributed by atoms with Gasteiger partial charge in [-0.1, -0.05) is 13.8 Å². The summed E-state index contributed by atoms with van der Waals surface area (Å²) < 4.78 is 0. The van der Waals surface area contributed by atoms with E-state index in [2.05, 4.69) is 5.32 Å². The molecule has 0 bridgehead atoms. The Balaban J connectivity index is 2.99. The van der Waals surface area contributed by atoms with E-state index in [1.807, 2.05) is 13.8 Å². The van der Waals surface area contributed by atoms with Crippen LogP contribution in [0.4, 0.5) is 0 Å². The second-order valence-electron chi connectivity index (χ2n) is 1.74. The zero-order valence-electron chi connectivity index (χ0n) is 5.62. The third-order valence-electron chi connectivity index (χ3n) is 1.02. The lowest BCUT2D eigenvalue weighted by Crippen LogP contribution is -2.20. The lowest BCUT2D eigenvalue weighted by molar-refractivity contribution is 0.807. The van der Waals surface area contributed by atoms with Crippen molar-refractivity contribution in [1.82, 2.24) is 5.32 Å². The maximum absolute atomic E-state index is 7.18. The summed E-state index contributed by atoms with van der Waals surface area (Å²) in [5.74, 6) is 0. The zero-order chi connectivity index (χ0) is 6.41. The topological polar surface area (TPSA) is 35.9 Å². The van der Waals surface area contributed by atoms with Gasteiger partial charge < -0.3 is 10.7 Å². The van der Waals surface area contributed by atoms with E-state index >= 15 is 0 Å². The van der Waals surface area contributed by atoms with Crippen molar-refractivity contribution in [2.45, 2.75) is 20.3 Å². The molecule has 0 atom stereocenters. The summed E-state index contributed by atoms with van der Waals surface area (Å²) in [6.07, 6.45) is 0.868. The molecule has 0 aromatic heterocycles. The van der Waals surface area contributed by atoms with Crippen molar-refractivity contribution in [2.24, 2.45) is 0 Å². The average Bonchev–Trinajstić information content (AvgIpc) is 1.83. The fourth-order valence-electron chi connectivity index (χ4n) is 0.401. The van der Waals surface area contributed by atoms with Gasteiger partial charge >= 0.3 is 0 Å². The molecule has 0 spiro atoms. The van der Waals surface area contributed by atoms with Crippen LogP contribution in [-0.4, -0.2) is 18.8 Å². The molecular weight excluding hydrogens is 100 g/mol. The minimum absolute atomic E-state index is 0.757. The molecular formula is C6H14N2. The second-order valence-corrected chi connectivity index (χ2v) is 1.74. The fraction of sp³-hybridized carbons (Fsp3) is 0.833. The Morgan fingerprint density at radius 1 is 1.50 bits per heavy atom. The summed E-state index contributed by atoms with van der Waals surface area (Å²) in [6, 6.07) is 0. The van der Waals surface area contributed by atoms with Gasteiger partial charge in [0.05, 0.1) is 0 Å². The van der Waals surface area contributed by atoms with Crippen LogP contribution in [0, 0.1) is 5.41 Å². The maximum Gasteiger partial charge on any atom is 0.0332 e. The quantitative estimate of drug-likeness (QED) is 0.526. The van der Waals surface area contributed by atoms with Crippen LogP contribution in [0.1, 0.15) is 20.3 Å². The largest absolute Gasteiger partial charge is 0.312 e. The van der Waals surface area contributed by atoms with Crippen molar-refractivity contribution in [3.8, 4) is 0 Å². The van der Waals surface area contributed by atoms with Crippen molar-refractivity contribution in [3.63, 3.8) is 0 Å². The Morgan fingerprint density at radius 3 is 2.50 bits per heavy atom. The van der Waals surface area contributed by atoms with E-state index in [0.29, 0.717) is 0 Å². The van der Waals surface area contributed by atoms with Gasteiger partial charge in [-0.05, 0) is 13.0 Å². The summed E-state index contributed by atoms with van der Waals surface area (Å²) >= 11 is 0. The molecule has 0 aliphatic heterocycles. The lowest BCUT2D eigenvalue weighted by atomic mass is 10.3. The molecule has 0 rings (SSSR count). The molecule has 0 aromatic rings. The van der Waals surface area contributed by atoms with Gasteiger partial charge in [0.2, 0.25) is 0 Å². The van der Waals surface area contributed by atoms with Gasteiger partial charge in [0.25, 0.3) is 0 Å². The molecule has 0 saturated carbocycles. The van der Waals surface area contributed by atoms with E-state index in [1.165, 1.54) is 0 Å². The summed E-state index contributed by atoms with van der Waals surface area (Å²) in [7, 11) is 0. The molecule has 0 unspecified atom stereocenters. The van der Waals surface area contributed by atoms with Gasteiger partial charge in [0.1, 0.15) is 0 Å². The SMILES string of the molecule is CCNCC(=N)CC. The highest BCUT2D eigenvalue weighted by Crippen LogP contribution is 1.76. The highest BCUT2D eigenvalue weighted by Gasteiger charge is 1.87. The van der Waals surface area contributed by atoms with E-state index < -0.39 is 0 Å². The molecule has 8 heavy (non-hydrogen) atoms. The summed E-state index contributed by atoms with van der Waals surface area (Å²) in [6.45, 7) is 5.76. The van der Waals surface area contributed by atoms with Crippen LogP contribution < -0.4 is 5.32 Å². The van der Waals surface area contributed by atoms with Crippen LogP contribution in [0.2, 0.25) is 0 Å². The first-order valence-corrected chi connectivity index (χ1v) is 3.08. The molecule has 0 radical (unpaired) electrons. The van der Waals surface area contributed by atoms with E-state index in [-0.39, 0.29) is 0 Å². The molecule has 0 aliphatic carbocycles. The van der Waals surface area contributed by atoms with E-state index in [0.717, 1.165) is 25.2 Å². The van der Waals surface area contributed by atoms with Gasteiger partial charge in [-0.25, -0.2) is 0 Å². The first-order valence-electron chi connectivity index (χ1n) is 3.08. The third-order valence-corrected chi connectivity index (χ3v) is 1.02. The Labute approximate surface area is 50.8 Å². The van der Waals surface area contributed by atoms with Gasteiger partial charge in [-0.15, -0.1) is 0 Å². The molecule has 0 fully saturated rings. The highest BCUT2D eigenvalue weighted by molar-refractivity contribution is 5.82. The monoisotopic (exact) mass is 114 g/mol. The van der Waals surface area contributed by atoms with Gasteiger partial charge in [-0.2, -0.15) is 0 Å². The molecule has 48 valence electrons. The molecule has 0 aromatic carbocycles. The summed E-state index contributed by atoms with van der Waals surface area (Å²) in [5, 5.41) is 10.3. The summed E-state index contributed by atoms with van der Waals surface area (Å²) in [5.41, 5.74) is 0.784. The fourth-order valence-corrected chi connectivity index (χ4v) is 0.401. The minimum atomic E-state index is 0.757. The standard InChI is InChI=1S/C6H14N2/c1-3-6(7)5-8-4-2/h7-8H,3-5H2,1-2H3. The smallest absolute Gasteiger partial charge is 0.0332 e. The van der Waals surface area contributed by atoms with Crippen molar-refractivity contribution in [2.75, 3.05) is 13.1 Å². The van der Waals surface area contributed by atoms with Crippen LogP contribution in [-0.2, 0) is 0 Å².